The van der Waals surface area contributed by atoms with Crippen LogP contribution in [-0.2, 0) is 6.54 Å². The molecule has 2 atom stereocenters. The second-order valence-electron chi connectivity index (χ2n) is 9.75. The van der Waals surface area contributed by atoms with Crippen LogP contribution in [0.5, 0.6) is 17.2 Å². The van der Waals surface area contributed by atoms with E-state index in [-0.39, 0.29) is 11.6 Å². The summed E-state index contributed by atoms with van der Waals surface area (Å²) < 4.78 is 17.0. The molecule has 1 radical (unpaired) electrons. The van der Waals surface area contributed by atoms with Crippen LogP contribution in [-0.4, -0.2) is 36.4 Å². The summed E-state index contributed by atoms with van der Waals surface area (Å²) in [4.78, 5) is 2.24. The Hall–Kier alpha value is -2.73. The van der Waals surface area contributed by atoms with Gasteiger partial charge in [0, 0.05) is 24.2 Å². The van der Waals surface area contributed by atoms with Crippen molar-refractivity contribution in [2.75, 3.05) is 20.8 Å². The molecule has 0 saturated carbocycles. The van der Waals surface area contributed by atoms with Crippen LogP contribution in [0, 0.1) is 6.42 Å². The average molecular weight is 511 g/mol. The third-order valence-electron chi connectivity index (χ3n) is 5.83. The zero-order chi connectivity index (χ0) is 26.3. The molecular weight excluding hydrogens is 474 g/mol. The largest absolute Gasteiger partial charge is 0.493 e. The summed E-state index contributed by atoms with van der Waals surface area (Å²) in [6, 6.07) is 21.4. The zero-order valence-corrected chi connectivity index (χ0v) is 22.8. The van der Waals surface area contributed by atoms with Crippen LogP contribution in [0.3, 0.4) is 0 Å². The van der Waals surface area contributed by atoms with Gasteiger partial charge in [-0.2, -0.15) is 0 Å². The molecule has 0 aliphatic heterocycles. The van der Waals surface area contributed by atoms with Crippen LogP contribution in [0.15, 0.2) is 66.7 Å². The van der Waals surface area contributed by atoms with Crippen molar-refractivity contribution in [2.45, 2.75) is 52.0 Å². The summed E-state index contributed by atoms with van der Waals surface area (Å²) in [7, 11) is 3.26. The molecule has 0 aromatic heterocycles. The molecule has 0 bridgehead atoms. The molecule has 5 nitrogen and oxygen atoms in total. The number of halogens is 1. The number of benzene rings is 3. The van der Waals surface area contributed by atoms with E-state index < -0.39 is 6.10 Å². The van der Waals surface area contributed by atoms with E-state index in [4.69, 9.17) is 25.8 Å². The van der Waals surface area contributed by atoms with Crippen LogP contribution in [0.1, 0.15) is 56.5 Å². The highest BCUT2D eigenvalue weighted by Gasteiger charge is 2.24. The van der Waals surface area contributed by atoms with Gasteiger partial charge in [0.05, 0.1) is 20.3 Å². The van der Waals surface area contributed by atoms with Crippen molar-refractivity contribution in [2.24, 2.45) is 0 Å². The SMILES string of the molecule is C[CH][C@H](c1ccc(OC)c(OC)c1)N(Cc1ccc(OC(C)(C)C)cc1)CC(O)c1cccc(Cl)c1. The number of aliphatic hydroxyl groups is 1. The molecule has 0 spiro atoms. The standard InChI is InChI=1S/C30H37ClNO4/c1-7-26(22-13-16-28(34-5)29(18-22)35-6)32(20-27(33)23-9-8-10-24(31)17-23)19-21-11-14-25(15-12-21)36-30(2,3)4/h7-18,26-27,33H,19-20H2,1-6H3/t26-,27?/m1/s1. The summed E-state index contributed by atoms with van der Waals surface area (Å²) in [6.07, 6.45) is 1.41. The van der Waals surface area contributed by atoms with E-state index in [1.807, 2.05) is 82.3 Å². The summed E-state index contributed by atoms with van der Waals surface area (Å²) >= 11 is 6.19. The highest BCUT2D eigenvalue weighted by molar-refractivity contribution is 6.30. The topological polar surface area (TPSA) is 51.2 Å². The lowest BCUT2D eigenvalue weighted by atomic mass is 9.99. The van der Waals surface area contributed by atoms with E-state index in [9.17, 15) is 5.11 Å². The molecule has 3 rings (SSSR count). The van der Waals surface area contributed by atoms with Gasteiger partial charge in [-0.05, 0) is 80.3 Å². The van der Waals surface area contributed by atoms with Crippen LogP contribution >= 0.6 is 11.6 Å². The van der Waals surface area contributed by atoms with E-state index >= 15 is 0 Å². The Morgan fingerprint density at radius 1 is 0.917 bits per heavy atom. The van der Waals surface area contributed by atoms with Gasteiger partial charge in [-0.25, -0.2) is 0 Å². The van der Waals surface area contributed by atoms with E-state index in [1.165, 1.54) is 0 Å². The Kier molecular flexibility index (Phi) is 9.66. The van der Waals surface area contributed by atoms with E-state index in [1.54, 1.807) is 14.2 Å². The summed E-state index contributed by atoms with van der Waals surface area (Å²) in [6.45, 7) is 9.15. The van der Waals surface area contributed by atoms with Gasteiger partial charge in [-0.1, -0.05) is 48.9 Å². The number of ether oxygens (including phenoxy) is 3. The molecule has 0 aliphatic carbocycles. The molecule has 1 unspecified atom stereocenters. The highest BCUT2D eigenvalue weighted by Crippen LogP contribution is 2.35. The first-order chi connectivity index (χ1) is 17.1. The first kappa shape index (κ1) is 27.9. The summed E-state index contributed by atoms with van der Waals surface area (Å²) in [5.41, 5.74) is 2.68. The first-order valence-electron chi connectivity index (χ1n) is 12.1. The van der Waals surface area contributed by atoms with Gasteiger partial charge in [-0.3, -0.25) is 4.90 Å². The molecule has 0 amide bonds. The van der Waals surface area contributed by atoms with Gasteiger partial charge in [-0.15, -0.1) is 0 Å². The van der Waals surface area contributed by atoms with Gasteiger partial charge < -0.3 is 19.3 Å². The quantitative estimate of drug-likeness (QED) is 0.300. The van der Waals surface area contributed by atoms with Gasteiger partial charge >= 0.3 is 0 Å². The maximum Gasteiger partial charge on any atom is 0.161 e. The molecule has 3 aromatic rings. The normalized spacial score (nSPS) is 13.4. The lowest BCUT2D eigenvalue weighted by Crippen LogP contribution is -2.32. The van der Waals surface area contributed by atoms with Gasteiger partial charge in [0.1, 0.15) is 11.4 Å². The Balaban J connectivity index is 1.92. The Labute approximate surface area is 220 Å². The maximum atomic E-state index is 11.2. The number of methoxy groups -OCH3 is 2. The van der Waals surface area contributed by atoms with Crippen molar-refractivity contribution in [3.63, 3.8) is 0 Å². The van der Waals surface area contributed by atoms with Gasteiger partial charge in [0.25, 0.3) is 0 Å². The molecule has 6 heteroatoms. The molecule has 193 valence electrons. The van der Waals surface area contributed by atoms with Gasteiger partial charge in [0.2, 0.25) is 0 Å². The van der Waals surface area contributed by atoms with E-state index in [2.05, 4.69) is 23.5 Å². The van der Waals surface area contributed by atoms with Crippen LogP contribution < -0.4 is 14.2 Å². The van der Waals surface area contributed by atoms with Crippen molar-refractivity contribution in [1.29, 1.82) is 0 Å². The Bertz CT molecular complexity index is 1110. The van der Waals surface area contributed by atoms with Crippen molar-refractivity contribution in [3.8, 4) is 17.2 Å². The Morgan fingerprint density at radius 2 is 1.61 bits per heavy atom. The smallest absolute Gasteiger partial charge is 0.161 e. The third-order valence-corrected chi connectivity index (χ3v) is 6.07. The third kappa shape index (κ3) is 7.63. The number of aliphatic hydroxyl groups excluding tert-OH is 1. The second kappa shape index (κ2) is 12.5. The second-order valence-corrected chi connectivity index (χ2v) is 10.2. The lowest BCUT2D eigenvalue weighted by molar-refractivity contribution is 0.0893. The van der Waals surface area contributed by atoms with Crippen molar-refractivity contribution in [3.05, 3.63) is 94.9 Å². The molecule has 0 heterocycles. The van der Waals surface area contributed by atoms with Crippen molar-refractivity contribution in [1.82, 2.24) is 4.90 Å². The van der Waals surface area contributed by atoms with Crippen LogP contribution in [0.25, 0.3) is 0 Å². The van der Waals surface area contributed by atoms with Crippen molar-refractivity contribution < 1.29 is 19.3 Å². The fourth-order valence-corrected chi connectivity index (χ4v) is 4.42. The predicted molar refractivity (Wildman–Crippen MR) is 146 cm³/mol. The molecule has 0 saturated heterocycles. The van der Waals surface area contributed by atoms with Crippen LogP contribution in [0.4, 0.5) is 0 Å². The zero-order valence-electron chi connectivity index (χ0n) is 22.0. The predicted octanol–water partition coefficient (Wildman–Crippen LogP) is 7.04. The molecule has 1 N–H and O–H groups in total. The number of rotatable bonds is 11. The fraction of sp³-hybridized carbons (Fsp3) is 0.367. The summed E-state index contributed by atoms with van der Waals surface area (Å²) in [5, 5.41) is 11.8. The summed E-state index contributed by atoms with van der Waals surface area (Å²) in [5.74, 6) is 2.17. The lowest BCUT2D eigenvalue weighted by Gasteiger charge is -2.33. The molecule has 3 aromatic carbocycles. The minimum absolute atomic E-state index is 0.0795. The minimum Gasteiger partial charge on any atom is -0.493 e. The maximum absolute atomic E-state index is 11.2. The molecule has 0 aliphatic rings. The van der Waals surface area contributed by atoms with Crippen molar-refractivity contribution >= 4 is 11.6 Å². The van der Waals surface area contributed by atoms with Gasteiger partial charge in [0.15, 0.2) is 11.5 Å². The average Bonchev–Trinajstić information content (AvgIpc) is 2.84. The van der Waals surface area contributed by atoms with Crippen LogP contribution in [0.2, 0.25) is 5.02 Å². The first-order valence-corrected chi connectivity index (χ1v) is 12.5. The minimum atomic E-state index is -0.713. The molecular formula is C30H37ClNO4. The monoisotopic (exact) mass is 510 g/mol. The van der Waals surface area contributed by atoms with E-state index in [0.29, 0.717) is 29.6 Å². The fourth-order valence-electron chi connectivity index (χ4n) is 4.22. The molecule has 36 heavy (non-hydrogen) atoms. The Morgan fingerprint density at radius 3 is 2.19 bits per heavy atom. The number of nitrogens with zero attached hydrogens (tertiary/aromatic N) is 1. The molecule has 0 fully saturated rings. The van der Waals surface area contributed by atoms with E-state index in [0.717, 1.165) is 22.4 Å². The number of hydrogen-bond acceptors (Lipinski definition) is 5. The highest BCUT2D eigenvalue weighted by atomic mass is 35.5. The number of hydrogen-bond donors (Lipinski definition) is 1.